The Balaban J connectivity index is -0.000000125. The monoisotopic (exact) mass is 326 g/mol. The van der Waals surface area contributed by atoms with Crippen molar-refractivity contribution in [2.75, 3.05) is 0 Å². The van der Waals surface area contributed by atoms with E-state index in [1.165, 1.54) is 0 Å². The molecule has 1 unspecified atom stereocenters. The van der Waals surface area contributed by atoms with Crippen molar-refractivity contribution in [1.82, 2.24) is 0 Å². The first-order chi connectivity index (χ1) is 5.00. The van der Waals surface area contributed by atoms with E-state index in [0.717, 1.165) is 0 Å². The second-order valence-electron chi connectivity index (χ2n) is 1.92. The third kappa shape index (κ3) is 12.3. The summed E-state index contributed by atoms with van der Waals surface area (Å²) in [6, 6.07) is 20.0. The summed E-state index contributed by atoms with van der Waals surface area (Å²) in [5.74, 6) is 0. The smallest absolute Gasteiger partial charge is 0.214 e. The van der Waals surface area contributed by atoms with Crippen molar-refractivity contribution in [3.63, 3.8) is 0 Å². The van der Waals surface area contributed by atoms with E-state index in [1.807, 2.05) is 60.7 Å². The van der Waals surface area contributed by atoms with Crippen molar-refractivity contribution in [2.24, 2.45) is 0 Å². The van der Waals surface area contributed by atoms with Gasteiger partial charge in [-0.1, -0.05) is 0 Å². The van der Waals surface area contributed by atoms with E-state index >= 15 is 0 Å². The molecule has 0 saturated carbocycles. The topological polar surface area (TPSA) is 0 Å². The predicted octanol–water partition coefficient (Wildman–Crippen LogP) is 2.86. The van der Waals surface area contributed by atoms with Gasteiger partial charge in [0.25, 0.3) is 0 Å². The normalized spacial score (nSPS) is 6.15. The average molecular weight is 326 g/mol. The molecule has 0 amide bonds. The van der Waals surface area contributed by atoms with Gasteiger partial charge < -0.3 is 0 Å². The van der Waals surface area contributed by atoms with Crippen LogP contribution < -0.4 is 0 Å². The second kappa shape index (κ2) is 14.8. The van der Waals surface area contributed by atoms with Gasteiger partial charge in [0.2, 0.25) is 0 Å². The van der Waals surface area contributed by atoms with Crippen LogP contribution in [0.15, 0.2) is 60.7 Å². The molecular formula is C10H13FePPd. The van der Waals surface area contributed by atoms with Crippen molar-refractivity contribution >= 4 is 9.90 Å². The number of hydrogen-bond acceptors (Lipinski definition) is 0. The molecule has 2 rings (SSSR count). The van der Waals surface area contributed by atoms with Crippen LogP contribution in [0, 0.1) is 0 Å². The van der Waals surface area contributed by atoms with Gasteiger partial charge in [-0.3, -0.25) is 0 Å². The van der Waals surface area contributed by atoms with Crippen molar-refractivity contribution in [1.29, 1.82) is 0 Å². The van der Waals surface area contributed by atoms with E-state index in [2.05, 4.69) is 0 Å². The van der Waals surface area contributed by atoms with E-state index < -0.39 is 0 Å². The third-order valence-corrected chi connectivity index (χ3v) is 1.11. The molecule has 0 aliphatic rings. The zero-order chi connectivity index (χ0) is 7.07. The Morgan fingerprint density at radius 2 is 0.846 bits per heavy atom. The molecule has 2 aromatic rings. The van der Waals surface area contributed by atoms with Crippen LogP contribution >= 0.6 is 9.90 Å². The minimum Gasteiger partial charge on any atom is -0.214 e. The van der Waals surface area contributed by atoms with Crippen LogP contribution in [-0.2, 0) is 37.5 Å². The molecule has 0 bridgehead atoms. The minimum atomic E-state index is 0. The summed E-state index contributed by atoms with van der Waals surface area (Å²) in [5, 5.41) is 0. The molecule has 76 valence electrons. The molecule has 0 saturated heterocycles. The molecule has 0 aliphatic heterocycles. The van der Waals surface area contributed by atoms with Gasteiger partial charge in [0.15, 0.2) is 0 Å². The molecular weight excluding hydrogens is 313 g/mol. The maximum Gasteiger partial charge on any atom is 2.00 e. The third-order valence-electron chi connectivity index (χ3n) is 1.11. The molecule has 0 N–H and O–H groups in total. The quantitative estimate of drug-likeness (QED) is 0.397. The Morgan fingerprint density at radius 3 is 0.923 bits per heavy atom. The van der Waals surface area contributed by atoms with Gasteiger partial charge in [-0.2, -0.15) is 46.3 Å². The molecule has 1 atom stereocenters. The zero-order valence-electron chi connectivity index (χ0n) is 7.15. The molecule has 0 aromatic heterocycles. The van der Waals surface area contributed by atoms with Crippen LogP contribution in [0.5, 0.6) is 0 Å². The van der Waals surface area contributed by atoms with Crippen molar-refractivity contribution in [3.8, 4) is 0 Å². The van der Waals surface area contributed by atoms with Crippen LogP contribution in [0.25, 0.3) is 0 Å². The summed E-state index contributed by atoms with van der Waals surface area (Å²) in [5.41, 5.74) is 0. The van der Waals surface area contributed by atoms with Gasteiger partial charge in [0.1, 0.15) is 0 Å². The second-order valence-corrected chi connectivity index (χ2v) is 1.92. The van der Waals surface area contributed by atoms with Gasteiger partial charge in [-0.15, -0.1) is 0 Å². The van der Waals surface area contributed by atoms with Gasteiger partial charge in [-0.05, 0) is 0 Å². The molecule has 3 heteroatoms. The van der Waals surface area contributed by atoms with Gasteiger partial charge in [-0.25, -0.2) is 24.3 Å². The standard InChI is InChI=1S/2C5H5.Fe.H3P.Pd/c2*1-2-4-5-3-1;;;/h2*1-5H;;1H3;/q2*-1;+2;;. The Hall–Kier alpha value is 0.312. The predicted molar refractivity (Wildman–Crippen MR) is 55.2 cm³/mol. The first kappa shape index (κ1) is 19.0. The molecule has 13 heavy (non-hydrogen) atoms. The summed E-state index contributed by atoms with van der Waals surface area (Å²) in [6.07, 6.45) is 0. The minimum absolute atomic E-state index is 0. The fourth-order valence-electron chi connectivity index (χ4n) is 0.642. The Labute approximate surface area is 108 Å². The van der Waals surface area contributed by atoms with Crippen LogP contribution in [0.2, 0.25) is 0 Å². The summed E-state index contributed by atoms with van der Waals surface area (Å²) < 4.78 is 0. The average Bonchev–Trinajstić information content (AvgIpc) is 2.67. The van der Waals surface area contributed by atoms with Crippen molar-refractivity contribution in [2.45, 2.75) is 0 Å². The summed E-state index contributed by atoms with van der Waals surface area (Å²) in [6.45, 7) is 0. The van der Waals surface area contributed by atoms with Gasteiger partial charge >= 0.3 is 17.1 Å². The SMILES string of the molecule is P.[Fe+2].[Pd].c1cc[cH-]c1.c1cc[cH-]c1. The molecule has 0 nitrogen and oxygen atoms in total. The van der Waals surface area contributed by atoms with Crippen LogP contribution in [-0.4, -0.2) is 0 Å². The summed E-state index contributed by atoms with van der Waals surface area (Å²) in [4.78, 5) is 0. The molecule has 0 fully saturated rings. The first-order valence-corrected chi connectivity index (χ1v) is 3.33. The van der Waals surface area contributed by atoms with Gasteiger partial charge in [0.05, 0.1) is 0 Å². The van der Waals surface area contributed by atoms with Crippen LogP contribution in [0.3, 0.4) is 0 Å². The largest absolute Gasteiger partial charge is 2.00 e. The van der Waals surface area contributed by atoms with E-state index in [-0.39, 0.29) is 47.4 Å². The Morgan fingerprint density at radius 1 is 0.615 bits per heavy atom. The van der Waals surface area contributed by atoms with E-state index in [0.29, 0.717) is 0 Å². The molecule has 0 aliphatic carbocycles. The fourth-order valence-corrected chi connectivity index (χ4v) is 0.642. The molecule has 0 radical (unpaired) electrons. The maximum atomic E-state index is 2.00. The van der Waals surface area contributed by atoms with Crippen molar-refractivity contribution < 1.29 is 37.5 Å². The number of hydrogen-bond donors (Lipinski definition) is 0. The zero-order valence-corrected chi connectivity index (χ0v) is 11.2. The van der Waals surface area contributed by atoms with E-state index in [4.69, 9.17) is 0 Å². The molecule has 2 aromatic carbocycles. The van der Waals surface area contributed by atoms with Crippen LogP contribution in [0.1, 0.15) is 0 Å². The van der Waals surface area contributed by atoms with E-state index in [1.54, 1.807) is 0 Å². The molecule has 0 heterocycles. The Kier molecular flexibility index (Phi) is 21.6. The molecule has 0 spiro atoms. The van der Waals surface area contributed by atoms with Gasteiger partial charge in [0, 0.05) is 20.4 Å². The number of rotatable bonds is 0. The summed E-state index contributed by atoms with van der Waals surface area (Å²) in [7, 11) is 0. The maximum absolute atomic E-state index is 2.00. The first-order valence-electron chi connectivity index (χ1n) is 3.33. The van der Waals surface area contributed by atoms with E-state index in [9.17, 15) is 0 Å². The Bertz CT molecular complexity index is 154. The van der Waals surface area contributed by atoms with Crippen molar-refractivity contribution in [3.05, 3.63) is 60.7 Å². The summed E-state index contributed by atoms with van der Waals surface area (Å²) >= 11 is 0. The fraction of sp³-hybridized carbons (Fsp3) is 0. The van der Waals surface area contributed by atoms with Crippen LogP contribution in [0.4, 0.5) is 0 Å².